The van der Waals surface area contributed by atoms with Crippen LogP contribution in [-0.2, 0) is 6.54 Å². The predicted molar refractivity (Wildman–Crippen MR) is 81.2 cm³/mol. The third kappa shape index (κ3) is 2.52. The van der Waals surface area contributed by atoms with Crippen LogP contribution < -0.4 is 10.5 Å². The second-order valence-corrected chi connectivity index (χ2v) is 4.71. The lowest BCUT2D eigenvalue weighted by atomic mass is 10.3. The summed E-state index contributed by atoms with van der Waals surface area (Å²) in [5.41, 5.74) is 8.68. The maximum atomic E-state index is 6.06. The molecule has 3 aromatic rings. The van der Waals surface area contributed by atoms with Gasteiger partial charge < -0.3 is 15.0 Å². The summed E-state index contributed by atoms with van der Waals surface area (Å²) < 4.78 is 7.53. The monoisotopic (exact) mass is 283 g/mol. The van der Waals surface area contributed by atoms with Gasteiger partial charge in [0.05, 0.1) is 24.4 Å². The number of rotatable bonds is 4. The van der Waals surface area contributed by atoms with Gasteiger partial charge in [0.15, 0.2) is 0 Å². The summed E-state index contributed by atoms with van der Waals surface area (Å²) in [6.45, 7) is 4.97. The van der Waals surface area contributed by atoms with Gasteiger partial charge in [-0.1, -0.05) is 6.07 Å². The Morgan fingerprint density at radius 1 is 1.24 bits per heavy atom. The molecule has 0 unspecified atom stereocenters. The third-order valence-electron chi connectivity index (χ3n) is 3.23. The Morgan fingerprint density at radius 3 is 2.86 bits per heavy atom. The van der Waals surface area contributed by atoms with Gasteiger partial charge in [0.1, 0.15) is 17.1 Å². The molecule has 2 heterocycles. The van der Waals surface area contributed by atoms with Crippen LogP contribution in [0.4, 0.5) is 5.95 Å². The molecule has 21 heavy (non-hydrogen) atoms. The van der Waals surface area contributed by atoms with Crippen LogP contribution in [0.3, 0.4) is 0 Å². The van der Waals surface area contributed by atoms with Crippen LogP contribution in [-0.4, -0.2) is 26.1 Å². The van der Waals surface area contributed by atoms with Gasteiger partial charge in [-0.15, -0.1) is 0 Å². The number of hydrogen-bond acceptors (Lipinski definition) is 5. The number of ether oxygens (including phenoxy) is 1. The van der Waals surface area contributed by atoms with Gasteiger partial charge in [0.2, 0.25) is 5.95 Å². The highest BCUT2D eigenvalue weighted by Crippen LogP contribution is 2.27. The SMILES string of the molecule is CCOc1cccc2c1nc(N)n2Cc1ccnc(C)n1. The van der Waals surface area contributed by atoms with Crippen LogP contribution in [0.1, 0.15) is 18.4 Å². The van der Waals surface area contributed by atoms with E-state index in [4.69, 9.17) is 10.5 Å². The molecule has 0 amide bonds. The Balaban J connectivity index is 2.06. The van der Waals surface area contributed by atoms with Crippen LogP contribution in [0.5, 0.6) is 5.75 Å². The van der Waals surface area contributed by atoms with Gasteiger partial charge in [-0.2, -0.15) is 0 Å². The van der Waals surface area contributed by atoms with E-state index >= 15 is 0 Å². The fraction of sp³-hybridized carbons (Fsp3) is 0.267. The topological polar surface area (TPSA) is 78.9 Å². The van der Waals surface area contributed by atoms with Gasteiger partial charge >= 0.3 is 0 Å². The van der Waals surface area contributed by atoms with Crippen LogP contribution in [0.2, 0.25) is 0 Å². The molecule has 0 aliphatic heterocycles. The maximum Gasteiger partial charge on any atom is 0.201 e. The van der Waals surface area contributed by atoms with Gasteiger partial charge in [0.25, 0.3) is 0 Å². The largest absolute Gasteiger partial charge is 0.492 e. The maximum absolute atomic E-state index is 6.06. The van der Waals surface area contributed by atoms with Crippen molar-refractivity contribution < 1.29 is 4.74 Å². The Hall–Kier alpha value is -2.63. The van der Waals surface area contributed by atoms with Gasteiger partial charge in [-0.25, -0.2) is 15.0 Å². The molecule has 0 saturated carbocycles. The number of aryl methyl sites for hydroxylation is 1. The number of anilines is 1. The molecule has 0 saturated heterocycles. The molecule has 2 N–H and O–H groups in total. The Bertz CT molecular complexity index is 781. The molecule has 0 atom stereocenters. The van der Waals surface area contributed by atoms with Crippen molar-refractivity contribution in [3.05, 3.63) is 42.0 Å². The summed E-state index contributed by atoms with van der Waals surface area (Å²) in [6, 6.07) is 7.70. The molecule has 1 aromatic carbocycles. The molecular formula is C15H17N5O. The van der Waals surface area contributed by atoms with E-state index in [2.05, 4.69) is 15.0 Å². The molecule has 6 heteroatoms. The Morgan fingerprint density at radius 2 is 2.10 bits per heavy atom. The second-order valence-electron chi connectivity index (χ2n) is 4.71. The number of aromatic nitrogens is 4. The van der Waals surface area contributed by atoms with Gasteiger partial charge in [0, 0.05) is 6.20 Å². The molecule has 0 aliphatic carbocycles. The minimum atomic E-state index is 0.452. The summed E-state index contributed by atoms with van der Waals surface area (Å²) in [7, 11) is 0. The zero-order valence-electron chi connectivity index (χ0n) is 12.1. The van der Waals surface area contributed by atoms with Crippen molar-refractivity contribution in [2.24, 2.45) is 0 Å². The number of nitrogen functional groups attached to an aromatic ring is 1. The first-order valence-electron chi connectivity index (χ1n) is 6.85. The van der Waals surface area contributed by atoms with Gasteiger partial charge in [-0.05, 0) is 32.0 Å². The molecule has 2 aromatic heterocycles. The molecule has 0 aliphatic rings. The molecule has 108 valence electrons. The van der Waals surface area contributed by atoms with Crippen molar-refractivity contribution in [2.45, 2.75) is 20.4 Å². The van der Waals surface area contributed by atoms with E-state index in [-0.39, 0.29) is 0 Å². The average molecular weight is 283 g/mol. The van der Waals surface area contributed by atoms with E-state index in [9.17, 15) is 0 Å². The fourth-order valence-electron chi connectivity index (χ4n) is 2.33. The van der Waals surface area contributed by atoms with E-state index < -0.39 is 0 Å². The smallest absolute Gasteiger partial charge is 0.201 e. The molecule has 0 fully saturated rings. The van der Waals surface area contributed by atoms with E-state index in [1.807, 2.05) is 42.7 Å². The highest BCUT2D eigenvalue weighted by atomic mass is 16.5. The molecule has 0 bridgehead atoms. The number of fused-ring (bicyclic) bond motifs is 1. The summed E-state index contributed by atoms with van der Waals surface area (Å²) >= 11 is 0. The summed E-state index contributed by atoms with van der Waals surface area (Å²) in [6.07, 6.45) is 1.75. The second kappa shape index (κ2) is 5.40. The van der Waals surface area contributed by atoms with Crippen LogP contribution in [0.15, 0.2) is 30.5 Å². The van der Waals surface area contributed by atoms with Gasteiger partial charge in [-0.3, -0.25) is 0 Å². The minimum Gasteiger partial charge on any atom is -0.492 e. The standard InChI is InChI=1S/C15H17N5O/c1-3-21-13-6-4-5-12-14(13)19-15(16)20(12)9-11-7-8-17-10(2)18-11/h4-8H,3,9H2,1-2H3,(H2,16,19). The fourth-order valence-corrected chi connectivity index (χ4v) is 2.33. The van der Waals surface area contributed by atoms with E-state index in [1.54, 1.807) is 6.20 Å². The Labute approximate surface area is 122 Å². The lowest BCUT2D eigenvalue weighted by molar-refractivity contribution is 0.343. The highest BCUT2D eigenvalue weighted by Gasteiger charge is 2.13. The number of nitrogens with two attached hydrogens (primary N) is 1. The minimum absolute atomic E-state index is 0.452. The lowest BCUT2D eigenvalue weighted by Gasteiger charge is -2.07. The molecule has 0 spiro atoms. The number of nitrogens with zero attached hydrogens (tertiary/aromatic N) is 4. The van der Waals surface area contributed by atoms with Crippen molar-refractivity contribution in [1.82, 2.24) is 19.5 Å². The molecule has 6 nitrogen and oxygen atoms in total. The number of imidazole rings is 1. The van der Waals surface area contributed by atoms with Crippen molar-refractivity contribution in [3.8, 4) is 5.75 Å². The van der Waals surface area contributed by atoms with E-state index in [1.165, 1.54) is 0 Å². The highest BCUT2D eigenvalue weighted by molar-refractivity contribution is 5.84. The van der Waals surface area contributed by atoms with Crippen LogP contribution in [0.25, 0.3) is 11.0 Å². The van der Waals surface area contributed by atoms with Crippen molar-refractivity contribution >= 4 is 17.0 Å². The first kappa shape index (κ1) is 13.4. The molecule has 0 radical (unpaired) electrons. The zero-order valence-corrected chi connectivity index (χ0v) is 12.1. The van der Waals surface area contributed by atoms with Crippen LogP contribution in [0, 0.1) is 6.92 Å². The van der Waals surface area contributed by atoms with E-state index in [0.717, 1.165) is 28.3 Å². The zero-order chi connectivity index (χ0) is 14.8. The quantitative estimate of drug-likeness (QED) is 0.793. The molecule has 3 rings (SSSR count). The number of hydrogen-bond donors (Lipinski definition) is 1. The average Bonchev–Trinajstić information content (AvgIpc) is 2.77. The number of benzene rings is 1. The van der Waals surface area contributed by atoms with E-state index in [0.29, 0.717) is 19.1 Å². The first-order valence-corrected chi connectivity index (χ1v) is 6.85. The predicted octanol–water partition coefficient (Wildman–Crippen LogP) is 2.16. The summed E-state index contributed by atoms with van der Waals surface area (Å²) in [5.74, 6) is 1.94. The van der Waals surface area contributed by atoms with Crippen molar-refractivity contribution in [2.75, 3.05) is 12.3 Å². The third-order valence-corrected chi connectivity index (χ3v) is 3.23. The Kier molecular flexibility index (Phi) is 3.43. The number of para-hydroxylation sites is 1. The summed E-state index contributed by atoms with van der Waals surface area (Å²) in [4.78, 5) is 12.9. The normalized spacial score (nSPS) is 11.0. The lowest BCUT2D eigenvalue weighted by Crippen LogP contribution is -2.06. The van der Waals surface area contributed by atoms with Crippen molar-refractivity contribution in [3.63, 3.8) is 0 Å². The first-order chi connectivity index (χ1) is 10.2. The van der Waals surface area contributed by atoms with Crippen LogP contribution >= 0.6 is 0 Å². The molecular weight excluding hydrogens is 266 g/mol. The summed E-state index contributed by atoms with van der Waals surface area (Å²) in [5, 5.41) is 0. The van der Waals surface area contributed by atoms with Crippen molar-refractivity contribution in [1.29, 1.82) is 0 Å².